The van der Waals surface area contributed by atoms with Crippen LogP contribution < -0.4 is 4.74 Å². The topological polar surface area (TPSA) is 29.5 Å². The number of methoxy groups -OCH3 is 1. The van der Waals surface area contributed by atoms with Gasteiger partial charge in [0.15, 0.2) is 0 Å². The lowest BCUT2D eigenvalue weighted by molar-refractivity contribution is 0.415. The summed E-state index contributed by atoms with van der Waals surface area (Å²) in [5.74, 6) is 0.753. The van der Waals surface area contributed by atoms with Gasteiger partial charge in [-0.1, -0.05) is 35.3 Å². The fourth-order valence-corrected chi connectivity index (χ4v) is 1.96. The Hall–Kier alpha value is -1.38. The lowest BCUT2D eigenvalue weighted by Gasteiger charge is -2.07. The number of benzene rings is 2. The normalized spacial score (nSPS) is 10.3. The molecule has 0 aliphatic heterocycles. The van der Waals surface area contributed by atoms with Gasteiger partial charge in [-0.25, -0.2) is 0 Å². The van der Waals surface area contributed by atoms with E-state index in [0.717, 1.165) is 16.9 Å². The van der Waals surface area contributed by atoms with Crippen LogP contribution in [-0.4, -0.2) is 12.2 Å². The Bertz CT molecular complexity index is 536. The first-order chi connectivity index (χ1) is 8.11. The van der Waals surface area contributed by atoms with Gasteiger partial charge in [-0.3, -0.25) is 0 Å². The van der Waals surface area contributed by atoms with Crippen LogP contribution in [0.4, 0.5) is 0 Å². The zero-order valence-corrected chi connectivity index (χ0v) is 10.6. The molecule has 2 nitrogen and oxygen atoms in total. The van der Waals surface area contributed by atoms with E-state index in [-0.39, 0.29) is 10.8 Å². The predicted molar refractivity (Wildman–Crippen MR) is 70.1 cm³/mol. The molecular weight excluding hydrogens is 259 g/mol. The van der Waals surface area contributed by atoms with Gasteiger partial charge in [0.1, 0.15) is 11.5 Å². The molecule has 0 heterocycles. The number of halogens is 2. The molecule has 0 spiro atoms. The second-order valence-electron chi connectivity index (χ2n) is 3.51. The van der Waals surface area contributed by atoms with E-state index in [2.05, 4.69) is 0 Å². The van der Waals surface area contributed by atoms with Gasteiger partial charge in [-0.15, -0.1) is 0 Å². The zero-order valence-electron chi connectivity index (χ0n) is 9.08. The molecule has 0 fully saturated rings. The SMILES string of the molecule is COc1ccc(-c2cc(Cl)c(O)cc2Cl)cc1. The highest BCUT2D eigenvalue weighted by atomic mass is 35.5. The van der Waals surface area contributed by atoms with Gasteiger partial charge in [-0.2, -0.15) is 0 Å². The molecule has 88 valence electrons. The van der Waals surface area contributed by atoms with E-state index < -0.39 is 0 Å². The molecule has 0 aliphatic carbocycles. The van der Waals surface area contributed by atoms with Crippen LogP contribution in [0.1, 0.15) is 0 Å². The number of ether oxygens (including phenoxy) is 1. The highest BCUT2D eigenvalue weighted by Gasteiger charge is 2.08. The standard InChI is InChI=1S/C13H10Cl2O2/c1-17-9-4-2-8(3-5-9)10-6-12(15)13(16)7-11(10)14/h2-7,16H,1H3. The first kappa shape index (κ1) is 12.1. The number of phenols is 1. The number of aromatic hydroxyl groups is 1. The quantitative estimate of drug-likeness (QED) is 0.876. The average Bonchev–Trinajstić information content (AvgIpc) is 2.34. The van der Waals surface area contributed by atoms with E-state index in [4.69, 9.17) is 27.9 Å². The molecule has 0 saturated heterocycles. The smallest absolute Gasteiger partial charge is 0.135 e. The third kappa shape index (κ3) is 2.48. The van der Waals surface area contributed by atoms with E-state index in [0.29, 0.717) is 5.02 Å². The van der Waals surface area contributed by atoms with Crippen LogP contribution in [0, 0.1) is 0 Å². The van der Waals surface area contributed by atoms with E-state index >= 15 is 0 Å². The van der Waals surface area contributed by atoms with Crippen LogP contribution in [0.3, 0.4) is 0 Å². The maximum atomic E-state index is 9.42. The number of hydrogen-bond donors (Lipinski definition) is 1. The largest absolute Gasteiger partial charge is 0.506 e. The molecular formula is C13H10Cl2O2. The second kappa shape index (κ2) is 4.86. The fourth-order valence-electron chi connectivity index (χ4n) is 1.53. The van der Waals surface area contributed by atoms with Crippen LogP contribution in [0.5, 0.6) is 11.5 Å². The van der Waals surface area contributed by atoms with Crippen molar-refractivity contribution in [3.63, 3.8) is 0 Å². The van der Waals surface area contributed by atoms with Crippen molar-refractivity contribution in [1.82, 2.24) is 0 Å². The molecule has 0 atom stereocenters. The molecule has 0 radical (unpaired) electrons. The summed E-state index contributed by atoms with van der Waals surface area (Å²) < 4.78 is 5.08. The summed E-state index contributed by atoms with van der Waals surface area (Å²) in [5.41, 5.74) is 1.69. The van der Waals surface area contributed by atoms with Crippen LogP contribution in [0.25, 0.3) is 11.1 Å². The molecule has 0 unspecified atom stereocenters. The first-order valence-corrected chi connectivity index (χ1v) is 5.70. The van der Waals surface area contributed by atoms with Gasteiger partial charge >= 0.3 is 0 Å². The molecule has 2 aromatic rings. The Labute approximate surface area is 109 Å². The molecule has 2 rings (SSSR count). The number of phenolic OH excluding ortho intramolecular Hbond substituents is 1. The molecule has 0 saturated carbocycles. The highest BCUT2D eigenvalue weighted by molar-refractivity contribution is 6.36. The molecule has 17 heavy (non-hydrogen) atoms. The minimum absolute atomic E-state index is 0.0195. The van der Waals surface area contributed by atoms with Gasteiger partial charge in [-0.05, 0) is 23.8 Å². The van der Waals surface area contributed by atoms with Crippen LogP contribution in [0.15, 0.2) is 36.4 Å². The summed E-state index contributed by atoms with van der Waals surface area (Å²) in [7, 11) is 1.61. The van der Waals surface area contributed by atoms with Crippen molar-refractivity contribution in [2.24, 2.45) is 0 Å². The van der Waals surface area contributed by atoms with Gasteiger partial charge in [0.25, 0.3) is 0 Å². The maximum absolute atomic E-state index is 9.42. The highest BCUT2D eigenvalue weighted by Crippen LogP contribution is 2.36. The maximum Gasteiger partial charge on any atom is 0.135 e. The van der Waals surface area contributed by atoms with Crippen molar-refractivity contribution < 1.29 is 9.84 Å². The van der Waals surface area contributed by atoms with E-state index in [1.54, 1.807) is 13.2 Å². The van der Waals surface area contributed by atoms with Crippen LogP contribution in [0.2, 0.25) is 10.0 Å². The van der Waals surface area contributed by atoms with E-state index in [1.165, 1.54) is 6.07 Å². The first-order valence-electron chi connectivity index (χ1n) is 4.94. The van der Waals surface area contributed by atoms with Gasteiger partial charge < -0.3 is 9.84 Å². The van der Waals surface area contributed by atoms with Crippen molar-refractivity contribution in [2.75, 3.05) is 7.11 Å². The Balaban J connectivity index is 2.48. The van der Waals surface area contributed by atoms with Crippen molar-refractivity contribution in [1.29, 1.82) is 0 Å². The summed E-state index contributed by atoms with van der Waals surface area (Å²) in [6, 6.07) is 10.5. The minimum atomic E-state index is -0.0195. The molecule has 2 aromatic carbocycles. The zero-order chi connectivity index (χ0) is 12.4. The summed E-state index contributed by atoms with van der Waals surface area (Å²) in [6.07, 6.45) is 0. The minimum Gasteiger partial charge on any atom is -0.506 e. The van der Waals surface area contributed by atoms with Gasteiger partial charge in [0, 0.05) is 11.6 Å². The number of rotatable bonds is 2. The average molecular weight is 269 g/mol. The third-order valence-corrected chi connectivity index (χ3v) is 3.05. The van der Waals surface area contributed by atoms with Gasteiger partial charge in [0.2, 0.25) is 0 Å². The molecule has 0 aromatic heterocycles. The number of hydrogen-bond acceptors (Lipinski definition) is 2. The third-order valence-electron chi connectivity index (χ3n) is 2.44. The monoisotopic (exact) mass is 268 g/mol. The van der Waals surface area contributed by atoms with Crippen molar-refractivity contribution >= 4 is 23.2 Å². The summed E-state index contributed by atoms with van der Waals surface area (Å²) in [6.45, 7) is 0. The van der Waals surface area contributed by atoms with Crippen LogP contribution >= 0.6 is 23.2 Å². The van der Waals surface area contributed by atoms with Crippen molar-refractivity contribution in [2.45, 2.75) is 0 Å². The Morgan fingerprint density at radius 1 is 1.00 bits per heavy atom. The summed E-state index contributed by atoms with van der Waals surface area (Å²) >= 11 is 11.9. The fraction of sp³-hybridized carbons (Fsp3) is 0.0769. The van der Waals surface area contributed by atoms with Gasteiger partial charge in [0.05, 0.1) is 17.2 Å². The van der Waals surface area contributed by atoms with E-state index in [9.17, 15) is 5.11 Å². The molecule has 4 heteroatoms. The second-order valence-corrected chi connectivity index (χ2v) is 4.33. The molecule has 1 N–H and O–H groups in total. The Morgan fingerprint density at radius 3 is 2.24 bits per heavy atom. The van der Waals surface area contributed by atoms with E-state index in [1.807, 2.05) is 24.3 Å². The molecule has 0 amide bonds. The van der Waals surface area contributed by atoms with Crippen molar-refractivity contribution in [3.8, 4) is 22.6 Å². The summed E-state index contributed by atoms with van der Waals surface area (Å²) in [5, 5.41) is 10.2. The predicted octanol–water partition coefficient (Wildman–Crippen LogP) is 4.37. The summed E-state index contributed by atoms with van der Waals surface area (Å²) in [4.78, 5) is 0. The molecule has 0 bridgehead atoms. The lowest BCUT2D eigenvalue weighted by atomic mass is 10.1. The molecule has 0 aliphatic rings. The van der Waals surface area contributed by atoms with Crippen molar-refractivity contribution in [3.05, 3.63) is 46.4 Å². The Morgan fingerprint density at radius 2 is 1.65 bits per heavy atom. The Kier molecular flexibility index (Phi) is 3.46. The lowest BCUT2D eigenvalue weighted by Crippen LogP contribution is -1.84. The van der Waals surface area contributed by atoms with Crippen LogP contribution in [-0.2, 0) is 0 Å².